The summed E-state index contributed by atoms with van der Waals surface area (Å²) in [5.74, 6) is 0.824. The summed E-state index contributed by atoms with van der Waals surface area (Å²) in [6.45, 7) is 6.99. The Kier molecular flexibility index (Phi) is 5.73. The number of amides is 1. The maximum atomic E-state index is 12.1. The normalized spacial score (nSPS) is 15.6. The van der Waals surface area contributed by atoms with E-state index in [0.29, 0.717) is 36.2 Å². The molecular formula is C19H27N5O4. The minimum Gasteiger partial charge on any atom is -0.444 e. The third-order valence-electron chi connectivity index (χ3n) is 4.35. The number of carbonyl (C=O) groups excluding carboxylic acids is 1. The SMILES string of the molecule is CC(C)(C)OC(=O)N1CCC(OCc2nc(-c3ccc(N)c(N)c3)no2)CC1. The van der Waals surface area contributed by atoms with Crippen molar-refractivity contribution in [3.8, 4) is 11.4 Å². The molecule has 0 radical (unpaired) electrons. The lowest BCUT2D eigenvalue weighted by Crippen LogP contribution is -2.43. The van der Waals surface area contributed by atoms with Crippen LogP contribution in [0.5, 0.6) is 0 Å². The Bertz CT molecular complexity index is 822. The lowest BCUT2D eigenvalue weighted by atomic mass is 10.1. The van der Waals surface area contributed by atoms with Gasteiger partial charge in [0.25, 0.3) is 5.89 Å². The van der Waals surface area contributed by atoms with E-state index in [4.69, 9.17) is 25.5 Å². The molecule has 0 spiro atoms. The van der Waals surface area contributed by atoms with Crippen molar-refractivity contribution in [3.05, 3.63) is 24.1 Å². The number of nitrogen functional groups attached to an aromatic ring is 2. The first-order chi connectivity index (χ1) is 13.2. The molecule has 0 atom stereocenters. The quantitative estimate of drug-likeness (QED) is 0.764. The molecule has 1 aromatic heterocycles. The summed E-state index contributed by atoms with van der Waals surface area (Å²) in [6, 6.07) is 5.19. The molecule has 2 aromatic rings. The predicted molar refractivity (Wildman–Crippen MR) is 104 cm³/mol. The van der Waals surface area contributed by atoms with E-state index < -0.39 is 5.60 Å². The van der Waals surface area contributed by atoms with Gasteiger partial charge in [-0.05, 0) is 51.8 Å². The second kappa shape index (κ2) is 8.05. The number of nitrogens with zero attached hydrogens (tertiary/aromatic N) is 3. The van der Waals surface area contributed by atoms with Crippen molar-refractivity contribution in [1.29, 1.82) is 0 Å². The summed E-state index contributed by atoms with van der Waals surface area (Å²) in [5, 5.41) is 3.96. The van der Waals surface area contributed by atoms with Gasteiger partial charge in [0, 0.05) is 18.7 Å². The fraction of sp³-hybridized carbons (Fsp3) is 0.526. The van der Waals surface area contributed by atoms with Gasteiger partial charge in [-0.25, -0.2) is 4.79 Å². The lowest BCUT2D eigenvalue weighted by Gasteiger charge is -2.33. The standard InChI is InChI=1S/C19H27N5O4/c1-19(2,3)27-18(25)24-8-6-13(7-9-24)26-11-16-22-17(23-28-16)12-4-5-14(20)15(21)10-12/h4-5,10,13H,6-9,11,20-21H2,1-3H3. The Hall–Kier alpha value is -2.81. The van der Waals surface area contributed by atoms with Crippen LogP contribution in [0.25, 0.3) is 11.4 Å². The third kappa shape index (κ3) is 5.13. The van der Waals surface area contributed by atoms with Crippen molar-refractivity contribution in [2.45, 2.75) is 51.9 Å². The number of rotatable bonds is 4. The molecule has 0 saturated carbocycles. The molecule has 3 rings (SSSR count). The molecule has 1 saturated heterocycles. The van der Waals surface area contributed by atoms with Crippen LogP contribution in [0.15, 0.2) is 22.7 Å². The number of benzene rings is 1. The Morgan fingerprint density at radius 2 is 1.96 bits per heavy atom. The maximum absolute atomic E-state index is 12.1. The molecule has 1 amide bonds. The number of hydrogen-bond donors (Lipinski definition) is 2. The van der Waals surface area contributed by atoms with E-state index in [0.717, 1.165) is 18.4 Å². The van der Waals surface area contributed by atoms with E-state index in [1.165, 1.54) is 0 Å². The van der Waals surface area contributed by atoms with Crippen LogP contribution in [0.3, 0.4) is 0 Å². The van der Waals surface area contributed by atoms with E-state index >= 15 is 0 Å². The first-order valence-corrected chi connectivity index (χ1v) is 9.29. The van der Waals surface area contributed by atoms with E-state index in [1.54, 1.807) is 23.1 Å². The Morgan fingerprint density at radius 3 is 2.61 bits per heavy atom. The number of nitrogens with two attached hydrogens (primary N) is 2. The summed E-state index contributed by atoms with van der Waals surface area (Å²) in [5.41, 5.74) is 12.7. The highest BCUT2D eigenvalue weighted by Crippen LogP contribution is 2.24. The summed E-state index contributed by atoms with van der Waals surface area (Å²) in [6.07, 6.45) is 1.21. The smallest absolute Gasteiger partial charge is 0.410 e. The largest absolute Gasteiger partial charge is 0.444 e. The highest BCUT2D eigenvalue weighted by atomic mass is 16.6. The average Bonchev–Trinajstić information content (AvgIpc) is 3.10. The molecule has 1 aliphatic heterocycles. The van der Waals surface area contributed by atoms with E-state index in [-0.39, 0.29) is 18.8 Å². The predicted octanol–water partition coefficient (Wildman–Crippen LogP) is 2.82. The average molecular weight is 389 g/mol. The van der Waals surface area contributed by atoms with Gasteiger partial charge < -0.3 is 30.4 Å². The number of hydrogen-bond acceptors (Lipinski definition) is 8. The summed E-state index contributed by atoms with van der Waals surface area (Å²) >= 11 is 0. The Labute approximate surface area is 164 Å². The fourth-order valence-electron chi connectivity index (χ4n) is 2.87. The van der Waals surface area contributed by atoms with Gasteiger partial charge in [-0.15, -0.1) is 0 Å². The topological polar surface area (TPSA) is 130 Å². The van der Waals surface area contributed by atoms with E-state index in [1.807, 2.05) is 20.8 Å². The molecule has 0 unspecified atom stereocenters. The number of likely N-dealkylation sites (tertiary alicyclic amines) is 1. The minimum atomic E-state index is -0.491. The minimum absolute atomic E-state index is 0.0289. The zero-order valence-corrected chi connectivity index (χ0v) is 16.5. The molecule has 1 aliphatic rings. The van der Waals surface area contributed by atoms with Crippen LogP contribution >= 0.6 is 0 Å². The molecule has 28 heavy (non-hydrogen) atoms. The second-order valence-corrected chi connectivity index (χ2v) is 7.83. The van der Waals surface area contributed by atoms with Gasteiger partial charge >= 0.3 is 6.09 Å². The van der Waals surface area contributed by atoms with Crippen molar-refractivity contribution < 1.29 is 18.8 Å². The second-order valence-electron chi connectivity index (χ2n) is 7.83. The molecule has 9 heteroatoms. The number of carbonyl (C=O) groups is 1. The van der Waals surface area contributed by atoms with Gasteiger partial charge in [-0.3, -0.25) is 0 Å². The summed E-state index contributed by atoms with van der Waals surface area (Å²) in [4.78, 5) is 18.1. The van der Waals surface area contributed by atoms with Gasteiger partial charge in [0.05, 0.1) is 17.5 Å². The summed E-state index contributed by atoms with van der Waals surface area (Å²) < 4.78 is 16.5. The molecule has 0 aliphatic carbocycles. The zero-order chi connectivity index (χ0) is 20.3. The molecule has 0 bridgehead atoms. The van der Waals surface area contributed by atoms with Crippen LogP contribution in [-0.2, 0) is 16.1 Å². The lowest BCUT2D eigenvalue weighted by molar-refractivity contribution is -0.0231. The molecule has 152 valence electrons. The van der Waals surface area contributed by atoms with Crippen molar-refractivity contribution in [2.75, 3.05) is 24.6 Å². The van der Waals surface area contributed by atoms with Gasteiger partial charge in [-0.2, -0.15) is 4.98 Å². The molecule has 2 heterocycles. The van der Waals surface area contributed by atoms with Gasteiger partial charge in [0.2, 0.25) is 5.82 Å². The molecular weight excluding hydrogens is 362 g/mol. The number of anilines is 2. The van der Waals surface area contributed by atoms with Crippen molar-refractivity contribution in [3.63, 3.8) is 0 Å². The van der Waals surface area contributed by atoms with Crippen molar-refractivity contribution in [2.24, 2.45) is 0 Å². The fourth-order valence-corrected chi connectivity index (χ4v) is 2.87. The Morgan fingerprint density at radius 1 is 1.25 bits per heavy atom. The first kappa shape index (κ1) is 19.9. The van der Waals surface area contributed by atoms with Gasteiger partial charge in [-0.1, -0.05) is 5.16 Å². The number of ether oxygens (including phenoxy) is 2. The molecule has 4 N–H and O–H groups in total. The van der Waals surface area contributed by atoms with Crippen LogP contribution in [0.2, 0.25) is 0 Å². The third-order valence-corrected chi connectivity index (χ3v) is 4.35. The molecule has 1 aromatic carbocycles. The zero-order valence-electron chi connectivity index (χ0n) is 16.5. The Balaban J connectivity index is 1.48. The van der Waals surface area contributed by atoms with Crippen molar-refractivity contribution in [1.82, 2.24) is 15.0 Å². The summed E-state index contributed by atoms with van der Waals surface area (Å²) in [7, 11) is 0. The highest BCUT2D eigenvalue weighted by molar-refractivity contribution is 5.71. The number of aromatic nitrogens is 2. The van der Waals surface area contributed by atoms with E-state index in [2.05, 4.69) is 10.1 Å². The van der Waals surface area contributed by atoms with E-state index in [9.17, 15) is 4.79 Å². The van der Waals surface area contributed by atoms with Gasteiger partial charge in [0.1, 0.15) is 12.2 Å². The maximum Gasteiger partial charge on any atom is 0.410 e. The monoisotopic (exact) mass is 389 g/mol. The van der Waals surface area contributed by atoms with Crippen LogP contribution in [0.4, 0.5) is 16.2 Å². The molecule has 9 nitrogen and oxygen atoms in total. The first-order valence-electron chi connectivity index (χ1n) is 9.29. The highest BCUT2D eigenvalue weighted by Gasteiger charge is 2.27. The van der Waals surface area contributed by atoms with Gasteiger partial charge in [0.15, 0.2) is 0 Å². The van der Waals surface area contributed by atoms with Crippen LogP contribution in [-0.4, -0.2) is 45.9 Å². The van der Waals surface area contributed by atoms with Crippen LogP contribution in [0.1, 0.15) is 39.5 Å². The van der Waals surface area contributed by atoms with Crippen molar-refractivity contribution >= 4 is 17.5 Å². The van der Waals surface area contributed by atoms with Crippen LogP contribution < -0.4 is 11.5 Å². The molecule has 1 fully saturated rings. The van der Waals surface area contributed by atoms with Crippen LogP contribution in [0, 0.1) is 0 Å². The number of piperidine rings is 1.